The zero-order valence-electron chi connectivity index (χ0n) is 22.6. The molecule has 4 rings (SSSR count). The Balaban J connectivity index is 1.78. The highest BCUT2D eigenvalue weighted by Crippen LogP contribution is 2.37. The standard InChI is InChI=1S/C27H35N7O2S/c1-8-10-15-33(9-2)22-14-13-21(37-22)29-23-24(27(4,5)6)32-34-25(30-31-26(23)34)19-16-18(28-17(3)35)11-12-20(19)36-7/h11-14,16H,8-10,15H2,1-7H3,(H,28,35)/b29-23-. The quantitative estimate of drug-likeness (QED) is 0.373. The van der Waals surface area contributed by atoms with E-state index >= 15 is 0 Å². The van der Waals surface area contributed by atoms with Gasteiger partial charge in [-0.05, 0) is 43.7 Å². The maximum absolute atomic E-state index is 11.6. The van der Waals surface area contributed by atoms with Crippen LogP contribution in [0, 0.1) is 5.41 Å². The number of fused-ring (bicyclic) bond motifs is 1. The van der Waals surface area contributed by atoms with Gasteiger partial charge in [0.1, 0.15) is 16.5 Å². The van der Waals surface area contributed by atoms with Crippen molar-refractivity contribution in [3.05, 3.63) is 36.2 Å². The molecule has 2 aromatic heterocycles. The maximum Gasteiger partial charge on any atom is 0.221 e. The van der Waals surface area contributed by atoms with Gasteiger partial charge in [-0.3, -0.25) is 4.79 Å². The lowest BCUT2D eigenvalue weighted by atomic mass is 9.87. The predicted molar refractivity (Wildman–Crippen MR) is 152 cm³/mol. The molecule has 1 aliphatic rings. The van der Waals surface area contributed by atoms with Crippen LogP contribution in [0.5, 0.6) is 5.75 Å². The Morgan fingerprint density at radius 3 is 2.57 bits per heavy atom. The average Bonchev–Trinajstić information content (AvgIpc) is 3.56. The number of amides is 1. The molecule has 1 N–H and O–H groups in total. The number of methoxy groups -OCH3 is 1. The second kappa shape index (κ2) is 10.8. The highest BCUT2D eigenvalue weighted by molar-refractivity contribution is 7.19. The van der Waals surface area contributed by atoms with Crippen LogP contribution in [-0.2, 0) is 4.79 Å². The number of anilines is 2. The van der Waals surface area contributed by atoms with Gasteiger partial charge >= 0.3 is 0 Å². The first-order chi connectivity index (χ1) is 17.7. The highest BCUT2D eigenvalue weighted by Gasteiger charge is 2.36. The van der Waals surface area contributed by atoms with Crippen LogP contribution in [0.15, 0.2) is 40.4 Å². The summed E-state index contributed by atoms with van der Waals surface area (Å²) in [5, 5.41) is 18.8. The van der Waals surface area contributed by atoms with Crippen molar-refractivity contribution in [3.63, 3.8) is 0 Å². The molecule has 1 aliphatic heterocycles. The van der Waals surface area contributed by atoms with Crippen molar-refractivity contribution in [2.24, 2.45) is 15.5 Å². The van der Waals surface area contributed by atoms with E-state index in [-0.39, 0.29) is 11.3 Å². The Bertz CT molecular complexity index is 1350. The molecule has 1 aromatic carbocycles. The number of hydrogen-bond donors (Lipinski definition) is 1. The molecule has 0 atom stereocenters. The summed E-state index contributed by atoms with van der Waals surface area (Å²) in [5.74, 6) is 1.56. The van der Waals surface area contributed by atoms with Crippen molar-refractivity contribution < 1.29 is 9.53 Å². The van der Waals surface area contributed by atoms with Crippen LogP contribution in [-0.4, -0.2) is 52.4 Å². The van der Waals surface area contributed by atoms with Crippen LogP contribution >= 0.6 is 11.3 Å². The summed E-state index contributed by atoms with van der Waals surface area (Å²) < 4.78 is 7.32. The second-order valence-corrected chi connectivity index (χ2v) is 11.0. The van der Waals surface area contributed by atoms with Crippen molar-refractivity contribution in [1.29, 1.82) is 0 Å². The Morgan fingerprint density at radius 1 is 1.16 bits per heavy atom. The molecular formula is C27H35N7O2S. The first kappa shape index (κ1) is 26.5. The number of ether oxygens (including phenoxy) is 1. The van der Waals surface area contributed by atoms with Crippen LogP contribution in [0.1, 0.15) is 60.2 Å². The highest BCUT2D eigenvalue weighted by atomic mass is 32.1. The van der Waals surface area contributed by atoms with Gasteiger partial charge in [0.25, 0.3) is 0 Å². The van der Waals surface area contributed by atoms with Crippen molar-refractivity contribution in [3.8, 4) is 17.1 Å². The van der Waals surface area contributed by atoms with Gasteiger partial charge in [-0.1, -0.05) is 45.5 Å². The first-order valence-electron chi connectivity index (χ1n) is 12.6. The Hall–Kier alpha value is -3.53. The number of aromatic nitrogens is 3. The minimum absolute atomic E-state index is 0.156. The lowest BCUT2D eigenvalue weighted by Crippen LogP contribution is -2.27. The lowest BCUT2D eigenvalue weighted by molar-refractivity contribution is -0.114. The Labute approximate surface area is 222 Å². The largest absolute Gasteiger partial charge is 0.496 e. The summed E-state index contributed by atoms with van der Waals surface area (Å²) in [6.45, 7) is 14.2. The van der Waals surface area contributed by atoms with E-state index in [4.69, 9.17) is 14.8 Å². The van der Waals surface area contributed by atoms with Gasteiger partial charge in [0, 0.05) is 31.1 Å². The van der Waals surface area contributed by atoms with Gasteiger partial charge in [0.15, 0.2) is 5.82 Å². The second-order valence-electron chi connectivity index (χ2n) is 9.96. The third-order valence-corrected chi connectivity index (χ3v) is 7.06. The molecule has 196 valence electrons. The SMILES string of the molecule is CCCCN(CC)c1ccc(/N=C2/C(C(C)(C)C)=Nn3c2nnc3-c2cc(NC(C)=O)ccc2OC)s1. The van der Waals surface area contributed by atoms with Gasteiger partial charge in [0.05, 0.1) is 23.4 Å². The maximum atomic E-state index is 11.6. The zero-order valence-corrected chi connectivity index (χ0v) is 23.4. The smallest absolute Gasteiger partial charge is 0.221 e. The van der Waals surface area contributed by atoms with E-state index in [9.17, 15) is 4.79 Å². The van der Waals surface area contributed by atoms with Gasteiger partial charge in [-0.2, -0.15) is 9.78 Å². The number of nitrogens with one attached hydrogen (secondary N) is 1. The third-order valence-electron chi connectivity index (χ3n) is 6.02. The van der Waals surface area contributed by atoms with E-state index in [1.165, 1.54) is 18.3 Å². The molecule has 0 bridgehead atoms. The molecule has 3 heterocycles. The molecule has 0 aliphatic carbocycles. The molecular weight excluding hydrogens is 486 g/mol. The number of aliphatic imine (C=N–C) groups is 1. The summed E-state index contributed by atoms with van der Waals surface area (Å²) in [6.07, 6.45) is 2.33. The van der Waals surface area contributed by atoms with Gasteiger partial charge in [-0.15, -0.1) is 10.2 Å². The molecule has 9 nitrogen and oxygen atoms in total. The van der Waals surface area contributed by atoms with Crippen molar-refractivity contribution in [2.75, 3.05) is 30.4 Å². The van der Waals surface area contributed by atoms with Crippen molar-refractivity contribution in [2.45, 2.75) is 54.4 Å². The van der Waals surface area contributed by atoms with Gasteiger partial charge < -0.3 is 15.0 Å². The summed E-state index contributed by atoms with van der Waals surface area (Å²) >= 11 is 1.67. The number of nitrogens with zero attached hydrogens (tertiary/aromatic N) is 6. The fraction of sp³-hybridized carbons (Fsp3) is 0.444. The molecule has 0 saturated heterocycles. The molecule has 0 radical (unpaired) electrons. The monoisotopic (exact) mass is 521 g/mol. The minimum Gasteiger partial charge on any atom is -0.496 e. The molecule has 0 unspecified atom stereocenters. The fourth-order valence-electron chi connectivity index (χ4n) is 4.15. The molecule has 3 aromatic rings. The molecule has 0 saturated carbocycles. The lowest BCUT2D eigenvalue weighted by Gasteiger charge is -2.20. The molecule has 37 heavy (non-hydrogen) atoms. The number of rotatable bonds is 9. The molecule has 0 spiro atoms. The average molecular weight is 522 g/mol. The number of carbonyl (C=O) groups is 1. The summed E-state index contributed by atoms with van der Waals surface area (Å²) in [4.78, 5) is 19.0. The van der Waals surface area contributed by atoms with E-state index in [0.717, 1.165) is 30.2 Å². The number of thiophene rings is 1. The zero-order chi connectivity index (χ0) is 26.7. The van der Waals surface area contributed by atoms with Crippen LogP contribution in [0.25, 0.3) is 11.4 Å². The van der Waals surface area contributed by atoms with Crippen molar-refractivity contribution in [1.82, 2.24) is 14.9 Å². The van der Waals surface area contributed by atoms with E-state index < -0.39 is 0 Å². The Morgan fingerprint density at radius 2 is 1.92 bits per heavy atom. The molecule has 0 fully saturated rings. The molecule has 10 heteroatoms. The number of carbonyl (C=O) groups excluding carboxylic acids is 1. The normalized spacial score (nSPS) is 14.0. The topological polar surface area (TPSA) is 97.0 Å². The number of hydrogen-bond acceptors (Lipinski definition) is 8. The number of unbranched alkanes of at least 4 members (excludes halogenated alkanes) is 1. The summed E-state index contributed by atoms with van der Waals surface area (Å²) in [6, 6.07) is 9.60. The van der Waals surface area contributed by atoms with Crippen LogP contribution in [0.4, 0.5) is 15.7 Å². The van der Waals surface area contributed by atoms with E-state index in [1.54, 1.807) is 35.3 Å². The van der Waals surface area contributed by atoms with Gasteiger partial charge in [0.2, 0.25) is 11.7 Å². The van der Waals surface area contributed by atoms with Crippen molar-refractivity contribution >= 4 is 44.4 Å². The predicted octanol–water partition coefficient (Wildman–Crippen LogP) is 5.98. The van der Waals surface area contributed by atoms with E-state index in [2.05, 4.69) is 67.2 Å². The van der Waals surface area contributed by atoms with Gasteiger partial charge in [-0.25, -0.2) is 4.99 Å². The van der Waals surface area contributed by atoms with E-state index in [0.29, 0.717) is 34.4 Å². The van der Waals surface area contributed by atoms with Crippen LogP contribution < -0.4 is 15.0 Å². The summed E-state index contributed by atoms with van der Waals surface area (Å²) in [7, 11) is 1.60. The van der Waals surface area contributed by atoms with Crippen LogP contribution in [0.2, 0.25) is 0 Å². The first-order valence-corrected chi connectivity index (χ1v) is 13.4. The number of benzene rings is 1. The van der Waals surface area contributed by atoms with Crippen LogP contribution in [0.3, 0.4) is 0 Å². The van der Waals surface area contributed by atoms with E-state index in [1.807, 2.05) is 6.07 Å². The molecule has 1 amide bonds. The third kappa shape index (κ3) is 5.58. The Kier molecular flexibility index (Phi) is 7.77. The summed E-state index contributed by atoms with van der Waals surface area (Å²) in [5.41, 5.74) is 2.60. The fourth-order valence-corrected chi connectivity index (χ4v) is 5.12. The minimum atomic E-state index is -0.268.